The molecule has 3 rings (SSSR count). The highest BCUT2D eigenvalue weighted by Crippen LogP contribution is 2.51. The lowest BCUT2D eigenvalue weighted by Crippen LogP contribution is -2.33. The first kappa shape index (κ1) is 23.7. The molecule has 11 heteroatoms. The van der Waals surface area contributed by atoms with Gasteiger partial charge < -0.3 is 18.5 Å². The Morgan fingerprint density at radius 2 is 2.00 bits per heavy atom. The van der Waals surface area contributed by atoms with Crippen molar-refractivity contribution in [2.75, 3.05) is 19.4 Å². The third-order valence-electron chi connectivity index (χ3n) is 5.15. The number of esters is 1. The minimum absolute atomic E-state index is 0.118. The van der Waals surface area contributed by atoms with Crippen LogP contribution < -0.4 is 11.2 Å². The summed E-state index contributed by atoms with van der Waals surface area (Å²) in [6.45, 7) is 3.31. The highest BCUT2D eigenvalue weighted by atomic mass is 31.2. The van der Waals surface area contributed by atoms with E-state index in [4.69, 9.17) is 18.5 Å². The summed E-state index contributed by atoms with van der Waals surface area (Å²) < 4.78 is 36.6. The number of carbonyl (C=O) groups is 1. The number of aromatic amines is 1. The third-order valence-corrected chi connectivity index (χ3v) is 6.96. The molecule has 1 aromatic heterocycles. The van der Waals surface area contributed by atoms with Gasteiger partial charge >= 0.3 is 19.3 Å². The molecule has 2 heterocycles. The molecule has 31 heavy (non-hydrogen) atoms. The maximum atomic E-state index is 13.3. The van der Waals surface area contributed by atoms with Crippen LogP contribution in [-0.4, -0.2) is 47.1 Å². The van der Waals surface area contributed by atoms with Crippen molar-refractivity contribution in [2.45, 2.75) is 64.4 Å². The molecular weight excluding hydrogens is 427 g/mol. The number of aryl methyl sites for hydroxylation is 1. The van der Waals surface area contributed by atoms with Crippen molar-refractivity contribution in [3.05, 3.63) is 44.8 Å². The molecule has 1 N–H and O–H groups in total. The number of ether oxygens (including phenoxy) is 2. The number of nitrogens with zero attached hydrogens (tertiary/aromatic N) is 1. The molecule has 1 fully saturated rings. The molecule has 1 unspecified atom stereocenters. The molecular formula is C20H29N2O8P. The molecule has 3 atom stereocenters. The van der Waals surface area contributed by atoms with Gasteiger partial charge in [0.2, 0.25) is 0 Å². The Hall–Kier alpha value is -2.00. The topological polar surface area (TPSA) is 126 Å². The van der Waals surface area contributed by atoms with Crippen LogP contribution in [0.25, 0.3) is 0 Å². The zero-order valence-corrected chi connectivity index (χ0v) is 18.7. The van der Waals surface area contributed by atoms with Gasteiger partial charge in [0, 0.05) is 11.8 Å². The molecule has 2 aliphatic rings. The van der Waals surface area contributed by atoms with Crippen LogP contribution in [0.15, 0.2) is 27.9 Å². The van der Waals surface area contributed by atoms with Crippen molar-refractivity contribution in [1.82, 2.24) is 9.55 Å². The summed E-state index contributed by atoms with van der Waals surface area (Å²) in [5.41, 5.74) is -0.681. The second-order valence-electron chi connectivity index (χ2n) is 7.66. The monoisotopic (exact) mass is 456 g/mol. The maximum Gasteiger partial charge on any atom is 0.342 e. The molecule has 1 aliphatic carbocycles. The normalized spacial score (nSPS) is 23.5. The molecule has 1 saturated carbocycles. The molecule has 1 aliphatic heterocycles. The SMILES string of the molecule is CCOC(=O)CP(=O)(OC[C@@H]1C=C[C@H](n2cc(C)c(=O)[nH]c2=O)O1)OC1CCCCC1. The van der Waals surface area contributed by atoms with Crippen molar-refractivity contribution in [1.29, 1.82) is 0 Å². The Kier molecular flexibility index (Phi) is 8.05. The second-order valence-corrected chi connectivity index (χ2v) is 9.67. The fourth-order valence-corrected chi connectivity index (χ4v) is 5.25. The number of rotatable bonds is 9. The summed E-state index contributed by atoms with van der Waals surface area (Å²) in [4.78, 5) is 37.8. The zero-order chi connectivity index (χ0) is 22.4. The molecule has 0 aromatic carbocycles. The second kappa shape index (κ2) is 10.5. The van der Waals surface area contributed by atoms with Crippen LogP contribution in [0.3, 0.4) is 0 Å². The predicted octanol–water partition coefficient (Wildman–Crippen LogP) is 2.42. The van der Waals surface area contributed by atoms with E-state index in [-0.39, 0.29) is 19.3 Å². The fraction of sp³-hybridized carbons (Fsp3) is 0.650. The van der Waals surface area contributed by atoms with Crippen LogP contribution in [-0.2, 0) is 27.9 Å². The molecule has 10 nitrogen and oxygen atoms in total. The lowest BCUT2D eigenvalue weighted by molar-refractivity contribution is -0.140. The summed E-state index contributed by atoms with van der Waals surface area (Å²) in [7, 11) is -3.75. The van der Waals surface area contributed by atoms with E-state index >= 15 is 0 Å². The average Bonchev–Trinajstić information content (AvgIpc) is 3.19. The van der Waals surface area contributed by atoms with Crippen LogP contribution in [0.5, 0.6) is 0 Å². The Balaban J connectivity index is 1.63. The van der Waals surface area contributed by atoms with Crippen LogP contribution >= 0.6 is 7.60 Å². The van der Waals surface area contributed by atoms with E-state index in [2.05, 4.69) is 4.98 Å². The molecule has 0 radical (unpaired) electrons. The van der Waals surface area contributed by atoms with Crippen molar-refractivity contribution in [3.8, 4) is 0 Å². The van der Waals surface area contributed by atoms with Gasteiger partial charge in [0.25, 0.3) is 5.56 Å². The predicted molar refractivity (Wildman–Crippen MR) is 112 cm³/mol. The van der Waals surface area contributed by atoms with Crippen LogP contribution in [0.1, 0.15) is 50.8 Å². The van der Waals surface area contributed by atoms with Crippen LogP contribution in [0.4, 0.5) is 0 Å². The van der Waals surface area contributed by atoms with E-state index in [0.717, 1.165) is 32.1 Å². The number of H-pyrrole nitrogens is 1. The summed E-state index contributed by atoms with van der Waals surface area (Å²) in [6.07, 6.45) is 7.32. The van der Waals surface area contributed by atoms with Gasteiger partial charge in [0.15, 0.2) is 6.23 Å². The van der Waals surface area contributed by atoms with E-state index < -0.39 is 43.3 Å². The van der Waals surface area contributed by atoms with E-state index in [9.17, 15) is 18.9 Å². The van der Waals surface area contributed by atoms with Crippen molar-refractivity contribution >= 4 is 13.6 Å². The third kappa shape index (κ3) is 6.49. The Morgan fingerprint density at radius 1 is 1.26 bits per heavy atom. The first-order valence-electron chi connectivity index (χ1n) is 10.5. The van der Waals surface area contributed by atoms with Gasteiger partial charge in [-0.25, -0.2) is 4.79 Å². The number of aromatic nitrogens is 2. The van der Waals surface area contributed by atoms with Crippen molar-refractivity contribution < 1.29 is 27.9 Å². The fourth-order valence-electron chi connectivity index (χ4n) is 3.58. The summed E-state index contributed by atoms with van der Waals surface area (Å²) in [6, 6.07) is 0. The first-order valence-corrected chi connectivity index (χ1v) is 12.3. The van der Waals surface area contributed by atoms with Gasteiger partial charge in [-0.05, 0) is 32.8 Å². The van der Waals surface area contributed by atoms with Gasteiger partial charge in [0.05, 0.1) is 19.3 Å². The lowest BCUT2D eigenvalue weighted by atomic mass is 9.98. The number of carbonyl (C=O) groups excluding carboxylic acids is 1. The zero-order valence-electron chi connectivity index (χ0n) is 17.8. The smallest absolute Gasteiger partial charge is 0.342 e. The Morgan fingerprint density at radius 3 is 2.71 bits per heavy atom. The van der Waals surface area contributed by atoms with Gasteiger partial charge in [0.1, 0.15) is 12.3 Å². The standard InChI is InChI=1S/C20H29N2O8P/c1-3-27-18(23)13-31(26,30-15-7-5-4-6-8-15)28-12-16-9-10-17(29-16)22-11-14(2)19(24)21-20(22)25/h9-11,15-17H,3-8,12-13H2,1-2H3,(H,21,24,25)/t16-,17+,31?/m0/s1. The van der Waals surface area contributed by atoms with E-state index in [0.29, 0.717) is 5.56 Å². The largest absolute Gasteiger partial charge is 0.466 e. The lowest BCUT2D eigenvalue weighted by Gasteiger charge is -2.27. The Bertz CT molecular complexity index is 963. The molecule has 0 bridgehead atoms. The van der Waals surface area contributed by atoms with Crippen LogP contribution in [0, 0.1) is 6.92 Å². The molecule has 1 aromatic rings. The highest BCUT2D eigenvalue weighted by Gasteiger charge is 2.35. The van der Waals surface area contributed by atoms with Crippen molar-refractivity contribution in [3.63, 3.8) is 0 Å². The highest BCUT2D eigenvalue weighted by molar-refractivity contribution is 7.54. The Labute approximate surface area is 180 Å². The van der Waals surface area contributed by atoms with E-state index in [1.54, 1.807) is 26.0 Å². The maximum absolute atomic E-state index is 13.3. The van der Waals surface area contributed by atoms with Gasteiger partial charge in [-0.3, -0.25) is 23.7 Å². The molecule has 0 spiro atoms. The van der Waals surface area contributed by atoms with Gasteiger partial charge in [-0.1, -0.05) is 25.3 Å². The quantitative estimate of drug-likeness (QED) is 0.341. The van der Waals surface area contributed by atoms with Crippen molar-refractivity contribution in [2.24, 2.45) is 0 Å². The molecule has 172 valence electrons. The molecule has 0 amide bonds. The van der Waals surface area contributed by atoms with Gasteiger partial charge in [-0.15, -0.1) is 0 Å². The van der Waals surface area contributed by atoms with E-state index in [1.165, 1.54) is 10.8 Å². The number of hydrogen-bond donors (Lipinski definition) is 1. The summed E-state index contributed by atoms with van der Waals surface area (Å²) >= 11 is 0. The first-order chi connectivity index (χ1) is 14.8. The number of hydrogen-bond acceptors (Lipinski definition) is 8. The summed E-state index contributed by atoms with van der Waals surface area (Å²) in [5.74, 6) is -0.641. The summed E-state index contributed by atoms with van der Waals surface area (Å²) in [5, 5.41) is 0. The van der Waals surface area contributed by atoms with Gasteiger partial charge in [-0.2, -0.15) is 0 Å². The minimum atomic E-state index is -3.75. The minimum Gasteiger partial charge on any atom is -0.466 e. The van der Waals surface area contributed by atoms with Crippen LogP contribution in [0.2, 0.25) is 0 Å². The number of nitrogens with one attached hydrogen (secondary N) is 1. The molecule has 0 saturated heterocycles. The van der Waals surface area contributed by atoms with E-state index in [1.807, 2.05) is 0 Å². The average molecular weight is 456 g/mol.